The van der Waals surface area contributed by atoms with Gasteiger partial charge in [0.1, 0.15) is 12.4 Å². The van der Waals surface area contributed by atoms with Gasteiger partial charge in [-0.1, -0.05) is 78.9 Å². The van der Waals surface area contributed by atoms with E-state index < -0.39 is 12.2 Å². The zero-order valence-electron chi connectivity index (χ0n) is 21.5. The molecule has 2 unspecified atom stereocenters. The monoisotopic (exact) mass is 512 g/mol. The molecule has 0 saturated heterocycles. The van der Waals surface area contributed by atoms with E-state index in [0.717, 1.165) is 35.3 Å². The smallest absolute Gasteiger partial charge is 0.125 e. The second-order valence-electron chi connectivity index (χ2n) is 9.27. The molecule has 0 aliphatic rings. The van der Waals surface area contributed by atoms with E-state index in [2.05, 4.69) is 22.8 Å². The second-order valence-corrected chi connectivity index (χ2v) is 9.27. The molecule has 4 aromatic carbocycles. The molecule has 4 rings (SSSR count). The number of hydrogen-bond donors (Lipinski definition) is 5. The molecule has 0 bridgehead atoms. The van der Waals surface area contributed by atoms with E-state index in [4.69, 9.17) is 4.74 Å². The average Bonchev–Trinajstić information content (AvgIpc) is 2.98. The van der Waals surface area contributed by atoms with Crippen LogP contribution in [-0.4, -0.2) is 35.0 Å². The lowest BCUT2D eigenvalue weighted by Gasteiger charge is -2.16. The van der Waals surface area contributed by atoms with Crippen LogP contribution in [0.15, 0.2) is 103 Å². The Morgan fingerprint density at radius 3 is 2.08 bits per heavy atom. The van der Waals surface area contributed by atoms with E-state index >= 15 is 0 Å². The van der Waals surface area contributed by atoms with Gasteiger partial charge in [-0.15, -0.1) is 0 Å². The number of aliphatic hydroxyl groups is 3. The average molecular weight is 513 g/mol. The first kappa shape index (κ1) is 27.4. The van der Waals surface area contributed by atoms with Gasteiger partial charge in [0.15, 0.2) is 0 Å². The molecule has 5 N–H and O–H groups in total. The van der Waals surface area contributed by atoms with Crippen molar-refractivity contribution in [1.29, 1.82) is 0 Å². The van der Waals surface area contributed by atoms with Crippen LogP contribution in [0.5, 0.6) is 5.75 Å². The molecule has 0 saturated carbocycles. The summed E-state index contributed by atoms with van der Waals surface area (Å²) in [6, 6.07) is 33.1. The maximum Gasteiger partial charge on any atom is 0.125 e. The van der Waals surface area contributed by atoms with E-state index in [1.54, 1.807) is 6.07 Å². The molecule has 6 nitrogen and oxygen atoms in total. The summed E-state index contributed by atoms with van der Waals surface area (Å²) in [4.78, 5) is 0. The maximum absolute atomic E-state index is 10.6. The SMILES string of the molecule is OCc1cc(C(O)CNCCc2ccc(NCC(O)c3ccccc3)cc2)ccc1OCc1ccccc1. The lowest BCUT2D eigenvalue weighted by molar-refractivity contribution is 0.174. The van der Waals surface area contributed by atoms with E-state index in [9.17, 15) is 15.3 Å². The van der Waals surface area contributed by atoms with Gasteiger partial charge in [0.25, 0.3) is 0 Å². The van der Waals surface area contributed by atoms with Crippen LogP contribution in [0.25, 0.3) is 0 Å². The van der Waals surface area contributed by atoms with Crippen molar-refractivity contribution in [3.8, 4) is 5.75 Å². The molecule has 0 radical (unpaired) electrons. The Balaban J connectivity index is 1.19. The number of ether oxygens (including phenoxy) is 1. The molecule has 4 aromatic rings. The van der Waals surface area contributed by atoms with Gasteiger partial charge in [-0.2, -0.15) is 0 Å². The third-order valence-electron chi connectivity index (χ3n) is 6.44. The molecule has 2 atom stereocenters. The quantitative estimate of drug-likeness (QED) is 0.156. The molecule has 0 fully saturated rings. The number of nitrogens with one attached hydrogen (secondary N) is 2. The Morgan fingerprint density at radius 1 is 0.684 bits per heavy atom. The Labute approximate surface area is 224 Å². The normalized spacial score (nSPS) is 12.6. The highest BCUT2D eigenvalue weighted by Gasteiger charge is 2.12. The van der Waals surface area contributed by atoms with E-state index in [1.165, 1.54) is 5.56 Å². The number of rotatable bonds is 14. The Kier molecular flexibility index (Phi) is 10.3. The minimum atomic E-state index is -0.689. The van der Waals surface area contributed by atoms with Crippen LogP contribution in [0.3, 0.4) is 0 Å². The largest absolute Gasteiger partial charge is 0.489 e. The summed E-state index contributed by atoms with van der Waals surface area (Å²) >= 11 is 0. The van der Waals surface area contributed by atoms with Crippen molar-refractivity contribution in [3.05, 3.63) is 131 Å². The highest BCUT2D eigenvalue weighted by molar-refractivity contribution is 5.45. The van der Waals surface area contributed by atoms with Crippen molar-refractivity contribution in [3.63, 3.8) is 0 Å². The summed E-state index contributed by atoms with van der Waals surface area (Å²) in [7, 11) is 0. The first-order valence-corrected chi connectivity index (χ1v) is 13.0. The molecule has 6 heteroatoms. The summed E-state index contributed by atoms with van der Waals surface area (Å²) in [5.74, 6) is 0.618. The van der Waals surface area contributed by atoms with Gasteiger partial charge in [-0.05, 0) is 59.5 Å². The van der Waals surface area contributed by atoms with Crippen LogP contribution in [0.1, 0.15) is 40.0 Å². The van der Waals surface area contributed by atoms with Crippen molar-refractivity contribution in [2.75, 3.05) is 25.0 Å². The minimum absolute atomic E-state index is 0.159. The predicted molar refractivity (Wildman–Crippen MR) is 151 cm³/mol. The molecule has 38 heavy (non-hydrogen) atoms. The maximum atomic E-state index is 10.6. The third kappa shape index (κ3) is 8.16. The fourth-order valence-corrected chi connectivity index (χ4v) is 4.19. The first-order valence-electron chi connectivity index (χ1n) is 13.0. The van der Waals surface area contributed by atoms with Crippen molar-refractivity contribution < 1.29 is 20.1 Å². The predicted octanol–water partition coefficient (Wildman–Crippen LogP) is 4.77. The minimum Gasteiger partial charge on any atom is -0.489 e. The van der Waals surface area contributed by atoms with Crippen LogP contribution in [0, 0.1) is 0 Å². The highest BCUT2D eigenvalue weighted by Crippen LogP contribution is 2.25. The lowest BCUT2D eigenvalue weighted by Crippen LogP contribution is -2.23. The van der Waals surface area contributed by atoms with Crippen molar-refractivity contribution in [2.24, 2.45) is 0 Å². The van der Waals surface area contributed by atoms with Gasteiger partial charge in [-0.25, -0.2) is 0 Å². The summed E-state index contributed by atoms with van der Waals surface area (Å²) in [6.07, 6.45) is -0.419. The lowest BCUT2D eigenvalue weighted by atomic mass is 10.0. The standard InChI is InChI=1S/C32H36N2O4/c35-22-28-19-27(13-16-32(28)38-23-25-7-3-1-4-8-25)30(36)20-33-18-17-24-11-14-29(15-12-24)34-21-31(37)26-9-5-2-6-10-26/h1-16,19,30-31,33-37H,17-18,20-23H2. The Bertz CT molecular complexity index is 1230. The molecule has 198 valence electrons. The number of anilines is 1. The van der Waals surface area contributed by atoms with Crippen LogP contribution in [0.4, 0.5) is 5.69 Å². The van der Waals surface area contributed by atoms with Crippen molar-refractivity contribution in [2.45, 2.75) is 31.8 Å². The Morgan fingerprint density at radius 2 is 1.37 bits per heavy atom. The molecular formula is C32H36N2O4. The zero-order valence-corrected chi connectivity index (χ0v) is 21.5. The zero-order chi connectivity index (χ0) is 26.6. The second kappa shape index (κ2) is 14.3. The summed E-state index contributed by atoms with van der Waals surface area (Å²) in [5, 5.41) is 37.3. The number of hydrogen-bond acceptors (Lipinski definition) is 6. The van der Waals surface area contributed by atoms with Gasteiger partial charge in [0.2, 0.25) is 0 Å². The highest BCUT2D eigenvalue weighted by atomic mass is 16.5. The van der Waals surface area contributed by atoms with Crippen LogP contribution < -0.4 is 15.4 Å². The van der Waals surface area contributed by atoms with Crippen molar-refractivity contribution in [1.82, 2.24) is 5.32 Å². The molecule has 0 aliphatic carbocycles. The van der Waals surface area contributed by atoms with Gasteiger partial charge in [0.05, 0.1) is 18.8 Å². The topological polar surface area (TPSA) is 94.0 Å². The summed E-state index contributed by atoms with van der Waals surface area (Å²) in [5.41, 5.74) is 5.48. The van der Waals surface area contributed by atoms with Crippen LogP contribution in [-0.2, 0) is 19.6 Å². The van der Waals surface area contributed by atoms with E-state index in [0.29, 0.717) is 31.0 Å². The van der Waals surface area contributed by atoms with Crippen LogP contribution >= 0.6 is 0 Å². The molecule has 0 aromatic heterocycles. The molecule has 0 heterocycles. The van der Waals surface area contributed by atoms with Crippen LogP contribution in [0.2, 0.25) is 0 Å². The number of aliphatic hydroxyl groups excluding tert-OH is 3. The summed E-state index contributed by atoms with van der Waals surface area (Å²) < 4.78 is 5.88. The van der Waals surface area contributed by atoms with Gasteiger partial charge in [-0.3, -0.25) is 0 Å². The van der Waals surface area contributed by atoms with Gasteiger partial charge in [0, 0.05) is 24.3 Å². The molecule has 0 spiro atoms. The molecular weight excluding hydrogens is 476 g/mol. The van der Waals surface area contributed by atoms with Gasteiger partial charge >= 0.3 is 0 Å². The number of benzene rings is 4. The molecule has 0 amide bonds. The van der Waals surface area contributed by atoms with E-state index in [-0.39, 0.29) is 6.61 Å². The fourth-order valence-electron chi connectivity index (χ4n) is 4.19. The first-order chi connectivity index (χ1) is 18.6. The fraction of sp³-hybridized carbons (Fsp3) is 0.250. The van der Waals surface area contributed by atoms with Crippen molar-refractivity contribution >= 4 is 5.69 Å². The summed E-state index contributed by atoms with van der Waals surface area (Å²) in [6.45, 7) is 1.84. The third-order valence-corrected chi connectivity index (χ3v) is 6.44. The van der Waals surface area contributed by atoms with E-state index in [1.807, 2.05) is 84.9 Å². The van der Waals surface area contributed by atoms with Gasteiger partial charge < -0.3 is 30.7 Å². The molecule has 0 aliphatic heterocycles. The Hall–Kier alpha value is -3.68.